The molecular formula is C10H12ClNS2. The molecule has 2 heterocycles. The summed E-state index contributed by atoms with van der Waals surface area (Å²) in [7, 11) is 0. The lowest BCUT2D eigenvalue weighted by Crippen LogP contribution is -2.07. The van der Waals surface area contributed by atoms with Crippen LogP contribution in [0.2, 0.25) is 0 Å². The summed E-state index contributed by atoms with van der Waals surface area (Å²) in [6.45, 7) is 2.11. The van der Waals surface area contributed by atoms with Gasteiger partial charge in [0.25, 0.3) is 0 Å². The van der Waals surface area contributed by atoms with Gasteiger partial charge in [-0.2, -0.15) is 0 Å². The van der Waals surface area contributed by atoms with Gasteiger partial charge in [-0.25, -0.2) is 0 Å². The maximum absolute atomic E-state index is 6.09. The van der Waals surface area contributed by atoms with E-state index in [9.17, 15) is 0 Å². The van der Waals surface area contributed by atoms with Gasteiger partial charge < -0.3 is 5.73 Å². The third-order valence-corrected chi connectivity index (χ3v) is 3.96. The Morgan fingerprint density at radius 1 is 1.21 bits per heavy atom. The van der Waals surface area contributed by atoms with Crippen LogP contribution >= 0.6 is 35.1 Å². The van der Waals surface area contributed by atoms with E-state index in [0.717, 1.165) is 0 Å². The smallest absolute Gasteiger partial charge is 0.0740 e. The van der Waals surface area contributed by atoms with Gasteiger partial charge in [0, 0.05) is 14.6 Å². The summed E-state index contributed by atoms with van der Waals surface area (Å²) >= 11 is 3.49. The molecule has 1 nitrogen and oxygen atoms in total. The van der Waals surface area contributed by atoms with Crippen LogP contribution in [0, 0.1) is 6.92 Å². The lowest BCUT2D eigenvalue weighted by molar-refractivity contribution is 0.917. The van der Waals surface area contributed by atoms with Crippen LogP contribution in [0.3, 0.4) is 0 Å². The fraction of sp³-hybridized carbons (Fsp3) is 0.200. The summed E-state index contributed by atoms with van der Waals surface area (Å²) in [6, 6.07) is 8.43. The Bertz CT molecular complexity index is 380. The number of aryl methyl sites for hydroxylation is 1. The van der Waals surface area contributed by atoms with Crippen molar-refractivity contribution in [3.8, 4) is 0 Å². The molecule has 2 aromatic heterocycles. The minimum atomic E-state index is 0. The maximum atomic E-state index is 6.09. The van der Waals surface area contributed by atoms with Crippen molar-refractivity contribution in [2.24, 2.45) is 5.73 Å². The van der Waals surface area contributed by atoms with Crippen molar-refractivity contribution >= 4 is 35.1 Å². The predicted octanol–water partition coefficient (Wildman–Crippen LogP) is 3.59. The van der Waals surface area contributed by atoms with E-state index < -0.39 is 0 Å². The third-order valence-electron chi connectivity index (χ3n) is 1.92. The van der Waals surface area contributed by atoms with Gasteiger partial charge in [0.05, 0.1) is 6.04 Å². The van der Waals surface area contributed by atoms with Gasteiger partial charge >= 0.3 is 0 Å². The van der Waals surface area contributed by atoms with Gasteiger partial charge in [-0.1, -0.05) is 6.07 Å². The molecule has 0 radical (unpaired) electrons. The zero-order valence-corrected chi connectivity index (χ0v) is 10.2. The monoisotopic (exact) mass is 245 g/mol. The van der Waals surface area contributed by atoms with Crippen LogP contribution < -0.4 is 5.73 Å². The molecule has 0 aromatic carbocycles. The zero-order chi connectivity index (χ0) is 9.26. The van der Waals surface area contributed by atoms with E-state index in [0.29, 0.717) is 0 Å². The number of thiophene rings is 2. The molecule has 0 aliphatic rings. The highest BCUT2D eigenvalue weighted by molar-refractivity contribution is 7.12. The van der Waals surface area contributed by atoms with Crippen LogP contribution in [-0.4, -0.2) is 0 Å². The number of rotatable bonds is 2. The first-order valence-electron chi connectivity index (χ1n) is 4.12. The van der Waals surface area contributed by atoms with Gasteiger partial charge in [0.15, 0.2) is 0 Å². The van der Waals surface area contributed by atoms with Gasteiger partial charge in [-0.3, -0.25) is 0 Å². The number of halogens is 1. The first kappa shape index (κ1) is 11.7. The van der Waals surface area contributed by atoms with Crippen molar-refractivity contribution in [2.75, 3.05) is 0 Å². The number of nitrogens with two attached hydrogens (primary N) is 1. The summed E-state index contributed by atoms with van der Waals surface area (Å²) in [4.78, 5) is 3.81. The van der Waals surface area contributed by atoms with Crippen LogP contribution in [0.5, 0.6) is 0 Å². The Hall–Kier alpha value is -0.350. The highest BCUT2D eigenvalue weighted by Crippen LogP contribution is 2.28. The van der Waals surface area contributed by atoms with E-state index in [4.69, 9.17) is 5.73 Å². The summed E-state index contributed by atoms with van der Waals surface area (Å²) in [5, 5.41) is 2.07. The van der Waals surface area contributed by atoms with Crippen molar-refractivity contribution in [1.82, 2.24) is 0 Å². The average Bonchev–Trinajstić information content (AvgIpc) is 2.72. The van der Waals surface area contributed by atoms with Gasteiger partial charge in [0.2, 0.25) is 0 Å². The van der Waals surface area contributed by atoms with E-state index in [1.54, 1.807) is 22.7 Å². The molecule has 0 bridgehead atoms. The topological polar surface area (TPSA) is 26.0 Å². The molecule has 76 valence electrons. The summed E-state index contributed by atoms with van der Waals surface area (Å²) in [5.74, 6) is 0. The van der Waals surface area contributed by atoms with Crippen molar-refractivity contribution in [3.05, 3.63) is 44.3 Å². The second-order valence-electron chi connectivity index (χ2n) is 2.94. The van der Waals surface area contributed by atoms with E-state index >= 15 is 0 Å². The molecule has 0 saturated heterocycles. The molecule has 0 spiro atoms. The van der Waals surface area contributed by atoms with Crippen LogP contribution in [0.25, 0.3) is 0 Å². The number of hydrogen-bond donors (Lipinski definition) is 1. The molecule has 0 unspecified atom stereocenters. The lowest BCUT2D eigenvalue weighted by atomic mass is 10.2. The number of hydrogen-bond acceptors (Lipinski definition) is 3. The molecule has 0 amide bonds. The van der Waals surface area contributed by atoms with Gasteiger partial charge in [-0.15, -0.1) is 35.1 Å². The van der Waals surface area contributed by atoms with E-state index in [1.807, 2.05) is 6.07 Å². The van der Waals surface area contributed by atoms with Crippen molar-refractivity contribution in [3.63, 3.8) is 0 Å². The van der Waals surface area contributed by atoms with Crippen LogP contribution in [0.4, 0.5) is 0 Å². The molecule has 2 rings (SSSR count). The molecular weight excluding hydrogens is 234 g/mol. The predicted molar refractivity (Wildman–Crippen MR) is 66.7 cm³/mol. The van der Waals surface area contributed by atoms with E-state index in [2.05, 4.69) is 30.5 Å². The standard InChI is InChI=1S/C10H11NS2.ClH/c1-7-4-5-9(13-7)10(11)8-3-2-6-12-8;/h2-6,10H,11H2,1H3;1H/t10-;/m0./s1. The van der Waals surface area contributed by atoms with Crippen molar-refractivity contribution in [1.29, 1.82) is 0 Å². The Morgan fingerprint density at radius 2 is 2.00 bits per heavy atom. The fourth-order valence-corrected chi connectivity index (χ4v) is 2.95. The SMILES string of the molecule is Cc1ccc([C@@H](N)c2cccs2)s1.Cl. The van der Waals surface area contributed by atoms with Gasteiger partial charge in [-0.05, 0) is 30.5 Å². The van der Waals surface area contributed by atoms with E-state index in [1.165, 1.54) is 14.6 Å². The average molecular weight is 246 g/mol. The molecule has 2 aromatic rings. The Morgan fingerprint density at radius 3 is 2.50 bits per heavy atom. The molecule has 14 heavy (non-hydrogen) atoms. The fourth-order valence-electron chi connectivity index (χ4n) is 1.23. The molecule has 0 saturated carbocycles. The van der Waals surface area contributed by atoms with Crippen LogP contribution in [-0.2, 0) is 0 Å². The van der Waals surface area contributed by atoms with Gasteiger partial charge in [0.1, 0.15) is 0 Å². The quantitative estimate of drug-likeness (QED) is 0.860. The second kappa shape index (κ2) is 4.94. The molecule has 0 aliphatic heterocycles. The van der Waals surface area contributed by atoms with Crippen molar-refractivity contribution in [2.45, 2.75) is 13.0 Å². The normalized spacial score (nSPS) is 12.1. The highest BCUT2D eigenvalue weighted by Gasteiger charge is 2.10. The minimum absolute atomic E-state index is 0. The summed E-state index contributed by atoms with van der Waals surface area (Å²) in [5.41, 5.74) is 6.09. The van der Waals surface area contributed by atoms with Crippen LogP contribution in [0.15, 0.2) is 29.6 Å². The second-order valence-corrected chi connectivity index (χ2v) is 5.24. The molecule has 4 heteroatoms. The third kappa shape index (κ3) is 2.36. The zero-order valence-electron chi connectivity index (χ0n) is 7.77. The first-order valence-corrected chi connectivity index (χ1v) is 5.82. The molecule has 0 fully saturated rings. The highest BCUT2D eigenvalue weighted by atomic mass is 35.5. The molecule has 2 N–H and O–H groups in total. The Balaban J connectivity index is 0.000000980. The van der Waals surface area contributed by atoms with E-state index in [-0.39, 0.29) is 18.4 Å². The minimum Gasteiger partial charge on any atom is -0.319 e. The first-order chi connectivity index (χ1) is 6.27. The lowest BCUT2D eigenvalue weighted by Gasteiger charge is -2.05. The van der Waals surface area contributed by atoms with Crippen molar-refractivity contribution < 1.29 is 0 Å². The largest absolute Gasteiger partial charge is 0.319 e. The Labute approximate surface area is 98.0 Å². The molecule has 1 atom stereocenters. The maximum Gasteiger partial charge on any atom is 0.0740 e. The Kier molecular flexibility index (Phi) is 4.13. The molecule has 0 aliphatic carbocycles. The van der Waals surface area contributed by atoms with Crippen LogP contribution in [0.1, 0.15) is 20.7 Å². The summed E-state index contributed by atoms with van der Waals surface area (Å²) in [6.07, 6.45) is 0. The summed E-state index contributed by atoms with van der Waals surface area (Å²) < 4.78 is 0.